The van der Waals surface area contributed by atoms with E-state index in [1.807, 2.05) is 0 Å². The predicted octanol–water partition coefficient (Wildman–Crippen LogP) is 6.32. The van der Waals surface area contributed by atoms with E-state index in [-0.39, 0.29) is 5.60 Å². The third-order valence-corrected chi connectivity index (χ3v) is 6.73. The molecule has 0 radical (unpaired) electrons. The van der Waals surface area contributed by atoms with E-state index in [1.54, 1.807) is 0 Å². The Morgan fingerprint density at radius 2 is 2.00 bits per heavy atom. The zero-order chi connectivity index (χ0) is 17.3. The summed E-state index contributed by atoms with van der Waals surface area (Å²) in [4.78, 5) is 3.73. The van der Waals surface area contributed by atoms with Crippen molar-refractivity contribution in [3.05, 3.63) is 41.5 Å². The van der Waals surface area contributed by atoms with Crippen molar-refractivity contribution >= 4 is 21.8 Å². The molecule has 1 saturated carbocycles. The van der Waals surface area contributed by atoms with Crippen LogP contribution in [0.25, 0.3) is 21.8 Å². The van der Waals surface area contributed by atoms with Crippen LogP contribution in [0.3, 0.4) is 0 Å². The number of aromatic nitrogens is 1. The lowest BCUT2D eigenvalue weighted by molar-refractivity contribution is -0.00758. The molecule has 2 heteroatoms. The van der Waals surface area contributed by atoms with Gasteiger partial charge in [0.1, 0.15) is 11.4 Å². The number of hydrogen-bond donors (Lipinski definition) is 1. The molecule has 25 heavy (non-hydrogen) atoms. The first kappa shape index (κ1) is 15.3. The topological polar surface area (TPSA) is 25.0 Å². The highest BCUT2D eigenvalue weighted by Gasteiger charge is 2.47. The van der Waals surface area contributed by atoms with E-state index < -0.39 is 0 Å². The highest BCUT2D eigenvalue weighted by Crippen LogP contribution is 2.56. The monoisotopic (exact) mass is 333 g/mol. The summed E-state index contributed by atoms with van der Waals surface area (Å²) < 4.78 is 6.63. The van der Waals surface area contributed by atoms with E-state index in [4.69, 9.17) is 4.74 Å². The summed E-state index contributed by atoms with van der Waals surface area (Å²) >= 11 is 0. The molecule has 2 aromatic carbocycles. The number of fused-ring (bicyclic) bond motifs is 8. The standard InChI is InChI=1S/C23H27NO/c1-13(2)15-9-10-23(4)12-18(15)20-21-17(11-14(3)22(20)25-23)16-7-5-6-8-19(16)24-21/h5-8,11,13,15,18,24H,9-10,12H2,1-4H3. The SMILES string of the molecule is Cc1cc2c([nH]c3ccccc32)c2c1OC1(C)CCC(C(C)C)C2C1. The minimum absolute atomic E-state index is 0.00745. The van der Waals surface area contributed by atoms with Crippen molar-refractivity contribution in [1.82, 2.24) is 4.98 Å². The number of hydrogen-bond acceptors (Lipinski definition) is 1. The summed E-state index contributed by atoms with van der Waals surface area (Å²) in [5, 5.41) is 2.68. The van der Waals surface area contributed by atoms with Crippen molar-refractivity contribution in [2.75, 3.05) is 0 Å². The first-order valence-corrected chi connectivity index (χ1v) is 9.70. The van der Waals surface area contributed by atoms with E-state index in [2.05, 4.69) is 63.0 Å². The van der Waals surface area contributed by atoms with Crippen molar-refractivity contribution in [3.63, 3.8) is 0 Å². The van der Waals surface area contributed by atoms with Gasteiger partial charge in [-0.3, -0.25) is 0 Å². The van der Waals surface area contributed by atoms with Crippen LogP contribution in [-0.4, -0.2) is 10.6 Å². The fourth-order valence-corrected chi connectivity index (χ4v) is 5.47. The summed E-state index contributed by atoms with van der Waals surface area (Å²) in [7, 11) is 0. The molecular weight excluding hydrogens is 306 g/mol. The predicted molar refractivity (Wildman–Crippen MR) is 104 cm³/mol. The van der Waals surface area contributed by atoms with Gasteiger partial charge in [-0.15, -0.1) is 0 Å². The van der Waals surface area contributed by atoms with Crippen molar-refractivity contribution in [3.8, 4) is 5.75 Å². The Morgan fingerprint density at radius 1 is 1.20 bits per heavy atom. The maximum Gasteiger partial charge on any atom is 0.128 e. The Bertz CT molecular complexity index is 983. The van der Waals surface area contributed by atoms with Gasteiger partial charge in [0.15, 0.2) is 0 Å². The smallest absolute Gasteiger partial charge is 0.128 e. The second kappa shape index (κ2) is 5.03. The average molecular weight is 333 g/mol. The van der Waals surface area contributed by atoms with Crippen LogP contribution in [0.2, 0.25) is 0 Å². The minimum atomic E-state index is 0.00745. The van der Waals surface area contributed by atoms with Crippen LogP contribution < -0.4 is 4.74 Å². The van der Waals surface area contributed by atoms with E-state index in [1.165, 1.54) is 45.8 Å². The van der Waals surface area contributed by atoms with Crippen LogP contribution in [0.1, 0.15) is 57.1 Å². The summed E-state index contributed by atoms with van der Waals surface area (Å²) in [6, 6.07) is 11.0. The lowest BCUT2D eigenvalue weighted by Crippen LogP contribution is -2.45. The number of ether oxygens (including phenoxy) is 1. The molecule has 130 valence electrons. The Kier molecular flexibility index (Phi) is 3.08. The molecule has 1 aliphatic carbocycles. The fraction of sp³-hybridized carbons (Fsp3) is 0.478. The lowest BCUT2D eigenvalue weighted by atomic mass is 9.64. The van der Waals surface area contributed by atoms with Gasteiger partial charge >= 0.3 is 0 Å². The number of aromatic amines is 1. The van der Waals surface area contributed by atoms with Gasteiger partial charge < -0.3 is 9.72 Å². The quantitative estimate of drug-likeness (QED) is 0.554. The number of benzene rings is 2. The van der Waals surface area contributed by atoms with E-state index >= 15 is 0 Å². The number of para-hydroxylation sites is 1. The number of aryl methyl sites for hydroxylation is 1. The molecule has 0 saturated heterocycles. The van der Waals surface area contributed by atoms with E-state index in [9.17, 15) is 0 Å². The van der Waals surface area contributed by atoms with Crippen LogP contribution in [0, 0.1) is 18.8 Å². The lowest BCUT2D eigenvalue weighted by Gasteiger charge is -2.49. The van der Waals surface area contributed by atoms with E-state index in [0.29, 0.717) is 11.8 Å². The van der Waals surface area contributed by atoms with Crippen LogP contribution in [-0.2, 0) is 0 Å². The van der Waals surface area contributed by atoms with Crippen molar-refractivity contribution in [1.29, 1.82) is 0 Å². The zero-order valence-electron chi connectivity index (χ0n) is 15.6. The molecule has 2 bridgehead atoms. The minimum Gasteiger partial charge on any atom is -0.487 e. The van der Waals surface area contributed by atoms with Gasteiger partial charge in [-0.25, -0.2) is 0 Å². The second-order valence-electron chi connectivity index (χ2n) is 8.84. The maximum absolute atomic E-state index is 6.63. The summed E-state index contributed by atoms with van der Waals surface area (Å²) in [5.74, 6) is 3.20. The summed E-state index contributed by atoms with van der Waals surface area (Å²) in [6.07, 6.45) is 3.60. The molecule has 2 aliphatic rings. The Labute approximate surface area is 149 Å². The zero-order valence-corrected chi connectivity index (χ0v) is 15.6. The molecular formula is C23H27NO. The molecule has 0 amide bonds. The van der Waals surface area contributed by atoms with Crippen molar-refractivity contribution in [2.24, 2.45) is 11.8 Å². The summed E-state index contributed by atoms with van der Waals surface area (Å²) in [5.41, 5.74) is 5.28. The molecule has 2 heterocycles. The average Bonchev–Trinajstić information content (AvgIpc) is 2.93. The molecule has 3 aromatic rings. The van der Waals surface area contributed by atoms with Crippen LogP contribution in [0.15, 0.2) is 30.3 Å². The normalized spacial score (nSPS) is 28.4. The number of nitrogens with one attached hydrogen (secondary N) is 1. The fourth-order valence-electron chi connectivity index (χ4n) is 5.47. The molecule has 1 aromatic heterocycles. The third kappa shape index (κ3) is 2.09. The molecule has 0 spiro atoms. The van der Waals surface area contributed by atoms with Crippen LogP contribution in [0.4, 0.5) is 0 Å². The Morgan fingerprint density at radius 3 is 2.80 bits per heavy atom. The maximum atomic E-state index is 6.63. The van der Waals surface area contributed by atoms with Gasteiger partial charge in [-0.05, 0) is 68.6 Å². The third-order valence-electron chi connectivity index (χ3n) is 6.73. The molecule has 3 atom stereocenters. The largest absolute Gasteiger partial charge is 0.487 e. The first-order chi connectivity index (χ1) is 12.0. The number of H-pyrrole nitrogens is 1. The van der Waals surface area contributed by atoms with Gasteiger partial charge in [0.05, 0.1) is 5.52 Å². The molecule has 1 fully saturated rings. The second-order valence-corrected chi connectivity index (χ2v) is 8.84. The molecule has 3 unspecified atom stereocenters. The van der Waals surface area contributed by atoms with Crippen LogP contribution in [0.5, 0.6) is 5.75 Å². The highest BCUT2D eigenvalue weighted by atomic mass is 16.5. The van der Waals surface area contributed by atoms with Gasteiger partial charge in [0, 0.05) is 21.9 Å². The molecule has 5 rings (SSSR count). The van der Waals surface area contributed by atoms with E-state index in [0.717, 1.165) is 18.1 Å². The summed E-state index contributed by atoms with van der Waals surface area (Å²) in [6.45, 7) is 9.31. The molecule has 1 aliphatic heterocycles. The van der Waals surface area contributed by atoms with Gasteiger partial charge in [0.2, 0.25) is 0 Å². The van der Waals surface area contributed by atoms with Crippen molar-refractivity contribution < 1.29 is 4.74 Å². The highest BCUT2D eigenvalue weighted by molar-refractivity contribution is 6.09. The van der Waals surface area contributed by atoms with Crippen molar-refractivity contribution in [2.45, 2.75) is 58.5 Å². The molecule has 1 N–H and O–H groups in total. The van der Waals surface area contributed by atoms with Gasteiger partial charge in [-0.1, -0.05) is 32.0 Å². The van der Waals surface area contributed by atoms with Gasteiger partial charge in [-0.2, -0.15) is 0 Å². The number of rotatable bonds is 1. The Hall–Kier alpha value is -1.96. The molecule has 2 nitrogen and oxygen atoms in total. The first-order valence-electron chi connectivity index (χ1n) is 9.70. The van der Waals surface area contributed by atoms with Crippen LogP contribution >= 0.6 is 0 Å². The Balaban J connectivity index is 1.85. The van der Waals surface area contributed by atoms with Gasteiger partial charge in [0.25, 0.3) is 0 Å².